The molecule has 154 valence electrons. The van der Waals surface area contributed by atoms with Crippen molar-refractivity contribution >= 4 is 0 Å². The molecule has 0 unspecified atom stereocenters. The van der Waals surface area contributed by atoms with Crippen LogP contribution in [0.25, 0.3) is 0 Å². The van der Waals surface area contributed by atoms with Gasteiger partial charge in [0.05, 0.1) is 0 Å². The van der Waals surface area contributed by atoms with Gasteiger partial charge in [0.1, 0.15) is 0 Å². The van der Waals surface area contributed by atoms with E-state index in [1.54, 1.807) is 0 Å². The van der Waals surface area contributed by atoms with Crippen LogP contribution < -0.4 is 0 Å². The van der Waals surface area contributed by atoms with Crippen LogP contribution in [0.2, 0.25) is 0 Å². The highest BCUT2D eigenvalue weighted by Crippen LogP contribution is 2.14. The maximum atomic E-state index is 3.83. The Labute approximate surface area is 166 Å². The van der Waals surface area contributed by atoms with E-state index in [4.69, 9.17) is 0 Å². The zero-order valence-electron chi connectivity index (χ0n) is 18.3. The van der Waals surface area contributed by atoms with Crippen LogP contribution in [0.1, 0.15) is 110 Å². The van der Waals surface area contributed by atoms with Gasteiger partial charge in [-0.3, -0.25) is 4.90 Å². The van der Waals surface area contributed by atoms with Gasteiger partial charge in [-0.15, -0.1) is 13.2 Å². The molecule has 0 saturated carbocycles. The van der Waals surface area contributed by atoms with Gasteiger partial charge in [-0.05, 0) is 18.9 Å². The summed E-state index contributed by atoms with van der Waals surface area (Å²) < 4.78 is 0. The van der Waals surface area contributed by atoms with E-state index >= 15 is 0 Å². The van der Waals surface area contributed by atoms with E-state index in [1.807, 2.05) is 12.2 Å². The van der Waals surface area contributed by atoms with Gasteiger partial charge >= 0.3 is 0 Å². The zero-order valence-corrected chi connectivity index (χ0v) is 18.3. The zero-order chi connectivity index (χ0) is 19.3. The monoisotopic (exact) mass is 363 g/mol. The minimum absolute atomic E-state index is 0.888. The summed E-state index contributed by atoms with van der Waals surface area (Å²) in [6, 6.07) is 0. The Balaban J connectivity index is 3.17. The highest BCUT2D eigenvalue weighted by Gasteiger charge is 2.00. The Morgan fingerprint density at radius 2 is 0.923 bits per heavy atom. The molecule has 0 heterocycles. The summed E-state index contributed by atoms with van der Waals surface area (Å²) in [5, 5.41) is 0. The smallest absolute Gasteiger partial charge is 0.0163 e. The Hall–Kier alpha value is -0.560. The highest BCUT2D eigenvalue weighted by molar-refractivity contribution is 4.79. The van der Waals surface area contributed by atoms with Crippen LogP contribution in [0.3, 0.4) is 0 Å². The maximum Gasteiger partial charge on any atom is 0.0163 e. The van der Waals surface area contributed by atoms with Crippen LogP contribution in [0, 0.1) is 5.92 Å². The number of nitrogens with zero attached hydrogens (tertiary/aromatic N) is 1. The third-order valence-electron chi connectivity index (χ3n) is 5.28. The minimum Gasteiger partial charge on any atom is -0.296 e. The Morgan fingerprint density at radius 3 is 1.27 bits per heavy atom. The van der Waals surface area contributed by atoms with Crippen LogP contribution in [-0.2, 0) is 0 Å². The van der Waals surface area contributed by atoms with Crippen LogP contribution in [0.5, 0.6) is 0 Å². The van der Waals surface area contributed by atoms with Crippen molar-refractivity contribution in [3.8, 4) is 0 Å². The van der Waals surface area contributed by atoms with E-state index in [0.29, 0.717) is 0 Å². The molecule has 0 radical (unpaired) electrons. The molecule has 26 heavy (non-hydrogen) atoms. The molecule has 0 bridgehead atoms. The minimum atomic E-state index is 0.888. The maximum absolute atomic E-state index is 3.83. The molecule has 0 fully saturated rings. The largest absolute Gasteiger partial charge is 0.296 e. The van der Waals surface area contributed by atoms with Gasteiger partial charge in [0, 0.05) is 13.1 Å². The summed E-state index contributed by atoms with van der Waals surface area (Å²) in [6.07, 6.45) is 25.5. The molecule has 0 aliphatic rings. The lowest BCUT2D eigenvalue weighted by atomic mass is 10.0. The summed E-state index contributed by atoms with van der Waals surface area (Å²) in [5.74, 6) is 0.888. The third-order valence-corrected chi connectivity index (χ3v) is 5.28. The van der Waals surface area contributed by atoms with Crippen LogP contribution in [-0.4, -0.2) is 24.5 Å². The predicted molar refractivity (Wildman–Crippen MR) is 121 cm³/mol. The number of hydrogen-bond acceptors (Lipinski definition) is 1. The second-order valence-electron chi connectivity index (χ2n) is 8.47. The second-order valence-corrected chi connectivity index (χ2v) is 8.47. The number of rotatable bonds is 21. The average molecular weight is 364 g/mol. The molecule has 0 aromatic carbocycles. The summed E-state index contributed by atoms with van der Waals surface area (Å²) in [5.41, 5.74) is 0. The van der Waals surface area contributed by atoms with Crippen LogP contribution in [0.15, 0.2) is 25.3 Å². The average Bonchev–Trinajstić information content (AvgIpc) is 2.61. The number of hydrogen-bond donors (Lipinski definition) is 0. The van der Waals surface area contributed by atoms with Crippen molar-refractivity contribution in [1.82, 2.24) is 4.90 Å². The molecule has 1 nitrogen and oxygen atoms in total. The van der Waals surface area contributed by atoms with Gasteiger partial charge in [-0.2, -0.15) is 0 Å². The lowest BCUT2D eigenvalue weighted by Crippen LogP contribution is -2.24. The van der Waals surface area contributed by atoms with Gasteiger partial charge in [0.15, 0.2) is 0 Å². The predicted octanol–water partition coefficient (Wildman–Crippen LogP) is 8.17. The molecule has 0 aromatic rings. The van der Waals surface area contributed by atoms with E-state index in [-0.39, 0.29) is 0 Å². The van der Waals surface area contributed by atoms with Gasteiger partial charge in [0.2, 0.25) is 0 Å². The Morgan fingerprint density at radius 1 is 0.577 bits per heavy atom. The summed E-state index contributed by atoms with van der Waals surface area (Å²) in [6.45, 7) is 15.5. The molecule has 1 heteroatoms. The Kier molecular flexibility index (Phi) is 20.3. The van der Waals surface area contributed by atoms with Gasteiger partial charge in [-0.25, -0.2) is 0 Å². The van der Waals surface area contributed by atoms with Gasteiger partial charge in [-0.1, -0.05) is 116 Å². The lowest BCUT2D eigenvalue weighted by molar-refractivity contribution is 0.324. The summed E-state index contributed by atoms with van der Waals surface area (Å²) in [4.78, 5) is 2.42. The van der Waals surface area contributed by atoms with Crippen molar-refractivity contribution in [3.05, 3.63) is 25.3 Å². The van der Waals surface area contributed by atoms with E-state index in [2.05, 4.69) is 31.9 Å². The first-order valence-electron chi connectivity index (χ1n) is 11.6. The topological polar surface area (TPSA) is 3.24 Å². The fraction of sp³-hybridized carbons (Fsp3) is 0.840. The second kappa shape index (κ2) is 20.7. The molecule has 0 saturated heterocycles. The van der Waals surface area contributed by atoms with Gasteiger partial charge in [0.25, 0.3) is 0 Å². The molecule has 0 aromatic heterocycles. The van der Waals surface area contributed by atoms with E-state index in [9.17, 15) is 0 Å². The molecular weight excluding hydrogens is 314 g/mol. The van der Waals surface area contributed by atoms with Crippen molar-refractivity contribution in [2.75, 3.05) is 19.6 Å². The van der Waals surface area contributed by atoms with Crippen molar-refractivity contribution < 1.29 is 0 Å². The molecule has 0 amide bonds. The van der Waals surface area contributed by atoms with E-state index in [1.165, 1.54) is 103 Å². The standard InChI is InChI=1S/C25H49N/c1-5-22-26(23-6-2)24-20-18-16-14-12-10-8-7-9-11-13-15-17-19-21-25(3)4/h5-6,25H,1-2,7-24H2,3-4H3. The highest BCUT2D eigenvalue weighted by atomic mass is 15.1. The van der Waals surface area contributed by atoms with E-state index < -0.39 is 0 Å². The van der Waals surface area contributed by atoms with Crippen molar-refractivity contribution in [2.24, 2.45) is 5.92 Å². The first-order chi connectivity index (χ1) is 12.7. The molecule has 0 aliphatic heterocycles. The molecule has 0 atom stereocenters. The van der Waals surface area contributed by atoms with E-state index in [0.717, 1.165) is 19.0 Å². The van der Waals surface area contributed by atoms with Crippen LogP contribution >= 0.6 is 0 Å². The summed E-state index contributed by atoms with van der Waals surface area (Å²) >= 11 is 0. The molecule has 0 aliphatic carbocycles. The lowest BCUT2D eigenvalue weighted by Gasteiger charge is -2.18. The summed E-state index contributed by atoms with van der Waals surface area (Å²) in [7, 11) is 0. The van der Waals surface area contributed by atoms with Crippen molar-refractivity contribution in [1.29, 1.82) is 0 Å². The first-order valence-corrected chi connectivity index (χ1v) is 11.6. The normalized spacial score (nSPS) is 11.4. The first kappa shape index (κ1) is 25.4. The SMILES string of the molecule is C=CCN(CC=C)CCCCCCCCCCCCCCCCC(C)C. The molecular formula is C25H49N. The fourth-order valence-electron chi connectivity index (χ4n) is 3.63. The quantitative estimate of drug-likeness (QED) is 0.147. The molecule has 0 spiro atoms. The fourth-order valence-corrected chi connectivity index (χ4v) is 3.63. The molecule has 0 N–H and O–H groups in total. The third kappa shape index (κ3) is 19.8. The molecule has 0 rings (SSSR count). The van der Waals surface area contributed by atoms with Crippen molar-refractivity contribution in [2.45, 2.75) is 110 Å². The Bertz CT molecular complexity index is 285. The van der Waals surface area contributed by atoms with Crippen LogP contribution in [0.4, 0.5) is 0 Å². The number of unbranched alkanes of at least 4 members (excludes halogenated alkanes) is 13. The van der Waals surface area contributed by atoms with Crippen molar-refractivity contribution in [3.63, 3.8) is 0 Å². The van der Waals surface area contributed by atoms with Gasteiger partial charge < -0.3 is 0 Å².